The van der Waals surface area contributed by atoms with E-state index in [4.69, 9.17) is 5.73 Å². The molecule has 0 aromatic carbocycles. The maximum absolute atomic E-state index is 11.4. The minimum absolute atomic E-state index is 0.110. The Morgan fingerprint density at radius 2 is 2.57 bits per heavy atom. The molecular formula is C9H16N4O. The zero-order chi connectivity index (χ0) is 10.4. The van der Waals surface area contributed by atoms with Crippen molar-refractivity contribution >= 4 is 5.91 Å². The fraction of sp³-hybridized carbons (Fsp3) is 0.556. The van der Waals surface area contributed by atoms with E-state index in [1.165, 1.54) is 0 Å². The number of carbonyl (C=O) groups is 1. The van der Waals surface area contributed by atoms with Crippen molar-refractivity contribution in [2.24, 2.45) is 5.73 Å². The Balaban J connectivity index is 2.27. The van der Waals surface area contributed by atoms with Crippen LogP contribution in [0.2, 0.25) is 0 Å². The first kappa shape index (κ1) is 10.7. The molecule has 0 radical (unpaired) electrons. The number of nitrogens with one attached hydrogen (secondary N) is 2. The second kappa shape index (κ2) is 5.39. The van der Waals surface area contributed by atoms with Crippen LogP contribution < -0.4 is 11.1 Å². The molecular weight excluding hydrogens is 180 g/mol. The van der Waals surface area contributed by atoms with Crippen molar-refractivity contribution < 1.29 is 4.79 Å². The van der Waals surface area contributed by atoms with Crippen LogP contribution in [0.3, 0.4) is 0 Å². The van der Waals surface area contributed by atoms with Crippen molar-refractivity contribution in [1.82, 2.24) is 15.3 Å². The molecule has 5 nitrogen and oxygen atoms in total. The summed E-state index contributed by atoms with van der Waals surface area (Å²) in [5, 5.41) is 2.73. The van der Waals surface area contributed by atoms with E-state index < -0.39 is 6.04 Å². The van der Waals surface area contributed by atoms with E-state index in [9.17, 15) is 4.79 Å². The molecule has 0 aliphatic rings. The van der Waals surface area contributed by atoms with E-state index in [1.807, 2.05) is 6.92 Å². The molecule has 0 aliphatic heterocycles. The summed E-state index contributed by atoms with van der Waals surface area (Å²) in [6.07, 6.45) is 4.88. The smallest absolute Gasteiger partial charge is 0.237 e. The van der Waals surface area contributed by atoms with Crippen molar-refractivity contribution in [3.8, 4) is 0 Å². The predicted octanol–water partition coefficient (Wildman–Crippen LogP) is 0.153. The monoisotopic (exact) mass is 196 g/mol. The van der Waals surface area contributed by atoms with Gasteiger partial charge in [-0.15, -0.1) is 0 Å². The number of imidazole rings is 1. The highest BCUT2D eigenvalue weighted by Gasteiger charge is 2.11. The molecule has 1 amide bonds. The molecule has 0 aliphatic carbocycles. The summed E-state index contributed by atoms with van der Waals surface area (Å²) in [7, 11) is 0. The maximum Gasteiger partial charge on any atom is 0.237 e. The number of hydrogen-bond acceptors (Lipinski definition) is 3. The van der Waals surface area contributed by atoms with Crippen LogP contribution in [0.1, 0.15) is 25.5 Å². The first-order valence-electron chi connectivity index (χ1n) is 4.74. The molecule has 1 atom stereocenters. The largest absolute Gasteiger partial charge is 0.349 e. The maximum atomic E-state index is 11.4. The zero-order valence-corrected chi connectivity index (χ0v) is 8.29. The van der Waals surface area contributed by atoms with Crippen molar-refractivity contribution in [2.75, 3.05) is 0 Å². The molecule has 14 heavy (non-hydrogen) atoms. The normalized spacial score (nSPS) is 12.4. The Labute approximate surface area is 83.1 Å². The van der Waals surface area contributed by atoms with Crippen molar-refractivity contribution in [2.45, 2.75) is 32.4 Å². The van der Waals surface area contributed by atoms with Crippen LogP contribution in [0.4, 0.5) is 0 Å². The van der Waals surface area contributed by atoms with Crippen molar-refractivity contribution in [3.05, 3.63) is 18.2 Å². The SMILES string of the molecule is CCC[C@H](N)C(=O)NCc1cnc[nH]1. The Kier molecular flexibility index (Phi) is 4.12. The number of rotatable bonds is 5. The standard InChI is InChI=1S/C9H16N4O/c1-2-3-8(10)9(14)12-5-7-4-11-6-13-7/h4,6,8H,2-3,5,10H2,1H3,(H,11,13)(H,12,14)/t8-/m0/s1. The molecule has 1 rings (SSSR count). The van der Waals surface area contributed by atoms with Gasteiger partial charge in [-0.05, 0) is 6.42 Å². The van der Waals surface area contributed by atoms with Gasteiger partial charge in [-0.2, -0.15) is 0 Å². The van der Waals surface area contributed by atoms with Crippen LogP contribution in [0.25, 0.3) is 0 Å². The van der Waals surface area contributed by atoms with Gasteiger partial charge >= 0.3 is 0 Å². The third kappa shape index (κ3) is 3.18. The summed E-state index contributed by atoms with van der Waals surface area (Å²) in [6.45, 7) is 2.46. The topological polar surface area (TPSA) is 83.8 Å². The van der Waals surface area contributed by atoms with Crippen LogP contribution in [0, 0.1) is 0 Å². The number of amides is 1. The number of aromatic amines is 1. The molecule has 0 saturated heterocycles. The van der Waals surface area contributed by atoms with Crippen molar-refractivity contribution in [3.63, 3.8) is 0 Å². The predicted molar refractivity (Wildman–Crippen MR) is 53.3 cm³/mol. The number of H-pyrrole nitrogens is 1. The minimum atomic E-state index is -0.400. The lowest BCUT2D eigenvalue weighted by Crippen LogP contribution is -2.40. The molecule has 0 saturated carbocycles. The lowest BCUT2D eigenvalue weighted by atomic mass is 10.2. The van der Waals surface area contributed by atoms with Gasteiger partial charge in [-0.3, -0.25) is 4.79 Å². The molecule has 5 heteroatoms. The third-order valence-corrected chi connectivity index (χ3v) is 1.94. The summed E-state index contributed by atoms with van der Waals surface area (Å²) < 4.78 is 0. The summed E-state index contributed by atoms with van der Waals surface area (Å²) >= 11 is 0. The van der Waals surface area contributed by atoms with E-state index in [0.717, 1.165) is 18.5 Å². The van der Waals surface area contributed by atoms with Gasteiger partial charge in [-0.25, -0.2) is 4.98 Å². The van der Waals surface area contributed by atoms with Gasteiger partial charge in [0.2, 0.25) is 5.91 Å². The first-order chi connectivity index (χ1) is 6.74. The molecule has 0 spiro atoms. The van der Waals surface area contributed by atoms with E-state index in [-0.39, 0.29) is 5.91 Å². The quantitative estimate of drug-likeness (QED) is 0.627. The summed E-state index contributed by atoms with van der Waals surface area (Å²) in [5.74, 6) is -0.110. The number of carbonyl (C=O) groups excluding carboxylic acids is 1. The Morgan fingerprint density at radius 3 is 3.14 bits per heavy atom. The number of nitrogens with two attached hydrogens (primary N) is 1. The molecule has 1 heterocycles. The van der Waals surface area contributed by atoms with Gasteiger partial charge in [0, 0.05) is 6.20 Å². The van der Waals surface area contributed by atoms with E-state index in [2.05, 4.69) is 15.3 Å². The Morgan fingerprint density at radius 1 is 1.79 bits per heavy atom. The van der Waals surface area contributed by atoms with Crippen LogP contribution in [-0.4, -0.2) is 21.9 Å². The van der Waals surface area contributed by atoms with Crippen LogP contribution in [0.15, 0.2) is 12.5 Å². The zero-order valence-electron chi connectivity index (χ0n) is 8.29. The fourth-order valence-corrected chi connectivity index (χ4v) is 1.14. The number of hydrogen-bond donors (Lipinski definition) is 3. The third-order valence-electron chi connectivity index (χ3n) is 1.94. The lowest BCUT2D eigenvalue weighted by Gasteiger charge is -2.09. The van der Waals surface area contributed by atoms with Gasteiger partial charge in [0.15, 0.2) is 0 Å². The van der Waals surface area contributed by atoms with Gasteiger partial charge in [-0.1, -0.05) is 13.3 Å². The average molecular weight is 196 g/mol. The first-order valence-corrected chi connectivity index (χ1v) is 4.74. The average Bonchev–Trinajstić information content (AvgIpc) is 2.67. The summed E-state index contributed by atoms with van der Waals surface area (Å²) in [6, 6.07) is -0.400. The molecule has 0 bridgehead atoms. The van der Waals surface area contributed by atoms with E-state index in [0.29, 0.717) is 6.54 Å². The van der Waals surface area contributed by atoms with Crippen molar-refractivity contribution in [1.29, 1.82) is 0 Å². The summed E-state index contributed by atoms with van der Waals surface area (Å²) in [4.78, 5) is 18.1. The number of aromatic nitrogens is 2. The molecule has 78 valence electrons. The molecule has 1 aromatic rings. The fourth-order valence-electron chi connectivity index (χ4n) is 1.14. The second-order valence-electron chi connectivity index (χ2n) is 3.19. The van der Waals surface area contributed by atoms with Crippen LogP contribution in [-0.2, 0) is 11.3 Å². The van der Waals surface area contributed by atoms with Crippen LogP contribution in [0.5, 0.6) is 0 Å². The van der Waals surface area contributed by atoms with Gasteiger partial charge in [0.25, 0.3) is 0 Å². The Hall–Kier alpha value is -1.36. The number of nitrogens with zero attached hydrogens (tertiary/aromatic N) is 1. The molecule has 4 N–H and O–H groups in total. The van der Waals surface area contributed by atoms with E-state index in [1.54, 1.807) is 12.5 Å². The lowest BCUT2D eigenvalue weighted by molar-refractivity contribution is -0.122. The highest BCUT2D eigenvalue weighted by Crippen LogP contribution is 1.94. The Bertz CT molecular complexity index is 270. The molecule has 0 fully saturated rings. The van der Waals surface area contributed by atoms with Gasteiger partial charge in [0.05, 0.1) is 24.6 Å². The second-order valence-corrected chi connectivity index (χ2v) is 3.19. The molecule has 0 unspecified atom stereocenters. The highest BCUT2D eigenvalue weighted by molar-refractivity contribution is 5.81. The van der Waals surface area contributed by atoms with Crippen LogP contribution >= 0.6 is 0 Å². The minimum Gasteiger partial charge on any atom is -0.349 e. The molecule has 1 aromatic heterocycles. The van der Waals surface area contributed by atoms with Gasteiger partial charge < -0.3 is 16.0 Å². The van der Waals surface area contributed by atoms with Gasteiger partial charge in [0.1, 0.15) is 0 Å². The van der Waals surface area contributed by atoms with E-state index >= 15 is 0 Å². The highest BCUT2D eigenvalue weighted by atomic mass is 16.2. The summed E-state index contributed by atoms with van der Waals surface area (Å²) in [5.41, 5.74) is 6.51.